The Morgan fingerprint density at radius 3 is 2.33 bits per heavy atom. The number of allylic oxidation sites excluding steroid dienone is 2. The molecule has 0 aliphatic carbocycles. The zero-order valence-corrected chi connectivity index (χ0v) is 9.74. The minimum Gasteiger partial charge on any atom is -0.311 e. The predicted molar refractivity (Wildman–Crippen MR) is 65.8 cm³/mol. The molecule has 2 heteroatoms. The van der Waals surface area contributed by atoms with Crippen LogP contribution in [0.3, 0.4) is 0 Å². The fourth-order valence-electron chi connectivity index (χ4n) is 1.62. The van der Waals surface area contributed by atoms with Crippen molar-refractivity contribution in [3.8, 4) is 0 Å². The van der Waals surface area contributed by atoms with E-state index >= 15 is 0 Å². The first kappa shape index (κ1) is 11.5. The fraction of sp³-hybridized carbons (Fsp3) is 0.308. The summed E-state index contributed by atoms with van der Waals surface area (Å²) >= 11 is 0. The molecule has 0 aliphatic heterocycles. The van der Waals surface area contributed by atoms with Gasteiger partial charge in [0.05, 0.1) is 5.69 Å². The van der Waals surface area contributed by atoms with Crippen molar-refractivity contribution in [3.63, 3.8) is 0 Å². The topological polar surface area (TPSA) is 22.0 Å². The molecular weight excluding hydrogens is 186 g/mol. The summed E-state index contributed by atoms with van der Waals surface area (Å²) in [5.41, 5.74) is 2.87. The summed E-state index contributed by atoms with van der Waals surface area (Å²) in [5, 5.41) is 0. The smallest absolute Gasteiger partial charge is 0.253 e. The van der Waals surface area contributed by atoms with Gasteiger partial charge in [-0.1, -0.05) is 18.2 Å². The second kappa shape index (κ2) is 4.78. The van der Waals surface area contributed by atoms with Gasteiger partial charge in [-0.2, -0.15) is 0 Å². The van der Waals surface area contributed by atoms with Crippen LogP contribution < -0.4 is 5.56 Å². The van der Waals surface area contributed by atoms with Gasteiger partial charge in [-0.25, -0.2) is 0 Å². The number of aromatic nitrogens is 1. The third-order valence-corrected chi connectivity index (χ3v) is 2.34. The molecule has 0 fully saturated rings. The molecule has 0 radical (unpaired) electrons. The van der Waals surface area contributed by atoms with E-state index in [1.54, 1.807) is 11.6 Å². The van der Waals surface area contributed by atoms with Crippen molar-refractivity contribution >= 4 is 12.2 Å². The summed E-state index contributed by atoms with van der Waals surface area (Å²) in [6, 6.07) is 1.93. The van der Waals surface area contributed by atoms with Gasteiger partial charge in [0.1, 0.15) is 0 Å². The molecule has 15 heavy (non-hydrogen) atoms. The largest absolute Gasteiger partial charge is 0.311 e. The van der Waals surface area contributed by atoms with Gasteiger partial charge in [0.25, 0.3) is 5.56 Å². The van der Waals surface area contributed by atoms with Crippen LogP contribution in [0.1, 0.15) is 30.7 Å². The second-order valence-corrected chi connectivity index (χ2v) is 3.53. The third kappa shape index (κ3) is 2.27. The number of hydrogen-bond acceptors (Lipinski definition) is 1. The molecule has 1 heterocycles. The van der Waals surface area contributed by atoms with Crippen LogP contribution >= 0.6 is 0 Å². The number of hydrogen-bond donors (Lipinski definition) is 0. The van der Waals surface area contributed by atoms with Crippen molar-refractivity contribution in [1.82, 2.24) is 4.57 Å². The molecule has 1 rings (SSSR count). The normalized spacial score (nSPS) is 11.7. The Morgan fingerprint density at radius 2 is 1.80 bits per heavy atom. The van der Waals surface area contributed by atoms with Crippen molar-refractivity contribution in [2.45, 2.75) is 20.8 Å². The predicted octanol–water partition coefficient (Wildman–Crippen LogP) is 2.76. The van der Waals surface area contributed by atoms with Crippen LogP contribution in [0.5, 0.6) is 0 Å². The zero-order valence-electron chi connectivity index (χ0n) is 9.74. The standard InChI is InChI=1S/C13H17NO/c1-5-7-11-9-10(3)13(15)14(4)12(11)8-6-2/h5-9H,1-4H3/b7-5-,8-6-. The van der Waals surface area contributed by atoms with Gasteiger partial charge in [-0.3, -0.25) is 4.79 Å². The van der Waals surface area contributed by atoms with Crippen molar-refractivity contribution in [1.29, 1.82) is 0 Å². The Morgan fingerprint density at radius 1 is 1.20 bits per heavy atom. The Kier molecular flexibility index (Phi) is 3.67. The molecule has 0 unspecified atom stereocenters. The van der Waals surface area contributed by atoms with Crippen LogP contribution in [-0.4, -0.2) is 4.57 Å². The Hall–Kier alpha value is -1.57. The van der Waals surface area contributed by atoms with Crippen molar-refractivity contribution in [2.75, 3.05) is 0 Å². The lowest BCUT2D eigenvalue weighted by molar-refractivity contribution is 0.834. The molecule has 0 aromatic carbocycles. The minimum atomic E-state index is 0.0661. The summed E-state index contributed by atoms with van der Waals surface area (Å²) in [6.07, 6.45) is 7.89. The average molecular weight is 203 g/mol. The lowest BCUT2D eigenvalue weighted by atomic mass is 10.1. The molecule has 0 N–H and O–H groups in total. The number of rotatable bonds is 2. The first-order chi connectivity index (χ1) is 7.11. The van der Waals surface area contributed by atoms with Crippen LogP contribution in [0, 0.1) is 6.92 Å². The number of pyridine rings is 1. The Labute approximate surface area is 90.6 Å². The lowest BCUT2D eigenvalue weighted by Crippen LogP contribution is -2.21. The highest BCUT2D eigenvalue weighted by Crippen LogP contribution is 2.12. The lowest BCUT2D eigenvalue weighted by Gasteiger charge is -2.09. The maximum absolute atomic E-state index is 11.7. The monoisotopic (exact) mass is 203 g/mol. The first-order valence-electron chi connectivity index (χ1n) is 5.07. The van der Waals surface area contributed by atoms with Crippen LogP contribution in [0.2, 0.25) is 0 Å². The molecule has 0 saturated carbocycles. The highest BCUT2D eigenvalue weighted by Gasteiger charge is 2.04. The zero-order chi connectivity index (χ0) is 11.4. The van der Waals surface area contributed by atoms with Gasteiger partial charge in [0.2, 0.25) is 0 Å². The van der Waals surface area contributed by atoms with Crippen molar-refractivity contribution in [2.24, 2.45) is 7.05 Å². The molecule has 0 atom stereocenters. The van der Waals surface area contributed by atoms with Crippen molar-refractivity contribution < 1.29 is 0 Å². The van der Waals surface area contributed by atoms with E-state index in [2.05, 4.69) is 0 Å². The molecule has 1 aromatic heterocycles. The Bertz CT molecular complexity index is 464. The second-order valence-electron chi connectivity index (χ2n) is 3.53. The SMILES string of the molecule is C/C=C\c1cc(C)c(=O)n(C)c1/C=C\C. The molecule has 0 aliphatic rings. The van der Waals surface area contributed by atoms with Gasteiger partial charge < -0.3 is 4.57 Å². The van der Waals surface area contributed by atoms with Crippen molar-refractivity contribution in [3.05, 3.63) is 45.4 Å². The third-order valence-electron chi connectivity index (χ3n) is 2.34. The Balaban J connectivity index is 3.57. The summed E-state index contributed by atoms with van der Waals surface area (Å²) in [4.78, 5) is 11.7. The molecule has 0 bridgehead atoms. The molecular formula is C13H17NO. The number of nitrogens with zero attached hydrogens (tertiary/aromatic N) is 1. The first-order valence-corrected chi connectivity index (χ1v) is 5.07. The molecule has 0 amide bonds. The van der Waals surface area contributed by atoms with E-state index in [1.165, 1.54) is 0 Å². The van der Waals surface area contributed by atoms with E-state index in [0.717, 1.165) is 16.8 Å². The molecule has 2 nitrogen and oxygen atoms in total. The maximum Gasteiger partial charge on any atom is 0.253 e. The van der Waals surface area contributed by atoms with Crippen LogP contribution in [0.4, 0.5) is 0 Å². The molecule has 80 valence electrons. The van der Waals surface area contributed by atoms with Gasteiger partial charge in [0.15, 0.2) is 0 Å². The highest BCUT2D eigenvalue weighted by atomic mass is 16.1. The number of aryl methyl sites for hydroxylation is 1. The summed E-state index contributed by atoms with van der Waals surface area (Å²) < 4.78 is 1.69. The van der Waals surface area contributed by atoms with E-state index in [-0.39, 0.29) is 5.56 Å². The summed E-state index contributed by atoms with van der Waals surface area (Å²) in [5.74, 6) is 0. The van der Waals surface area contributed by atoms with E-state index < -0.39 is 0 Å². The van der Waals surface area contributed by atoms with Crippen LogP contribution in [0.15, 0.2) is 23.0 Å². The quantitative estimate of drug-likeness (QED) is 0.724. The molecule has 0 saturated heterocycles. The van der Waals surface area contributed by atoms with Gasteiger partial charge in [0, 0.05) is 12.6 Å². The molecule has 0 spiro atoms. The molecule has 1 aromatic rings. The maximum atomic E-state index is 11.7. The minimum absolute atomic E-state index is 0.0661. The van der Waals surface area contributed by atoms with Gasteiger partial charge in [-0.15, -0.1) is 0 Å². The highest BCUT2D eigenvalue weighted by molar-refractivity contribution is 5.63. The average Bonchev–Trinajstić information content (AvgIpc) is 2.21. The fourth-order valence-corrected chi connectivity index (χ4v) is 1.62. The van der Waals surface area contributed by atoms with E-state index in [1.807, 2.05) is 51.1 Å². The summed E-state index contributed by atoms with van der Waals surface area (Å²) in [7, 11) is 1.80. The van der Waals surface area contributed by atoms with E-state index in [9.17, 15) is 4.79 Å². The van der Waals surface area contributed by atoms with E-state index in [0.29, 0.717) is 0 Å². The van der Waals surface area contributed by atoms with Gasteiger partial charge >= 0.3 is 0 Å². The van der Waals surface area contributed by atoms with Gasteiger partial charge in [-0.05, 0) is 38.5 Å². The van der Waals surface area contributed by atoms with Crippen LogP contribution in [0.25, 0.3) is 12.2 Å². The van der Waals surface area contributed by atoms with Crippen LogP contribution in [-0.2, 0) is 7.05 Å². The summed E-state index contributed by atoms with van der Waals surface area (Å²) in [6.45, 7) is 5.76. The van der Waals surface area contributed by atoms with E-state index in [4.69, 9.17) is 0 Å².